The van der Waals surface area contributed by atoms with Gasteiger partial charge in [0.05, 0.1) is 25.4 Å². The summed E-state index contributed by atoms with van der Waals surface area (Å²) >= 11 is 0. The lowest BCUT2D eigenvalue weighted by molar-refractivity contribution is -0.298. The molecule has 0 spiro atoms. The second kappa shape index (κ2) is 41.7. The van der Waals surface area contributed by atoms with Crippen LogP contribution in [-0.2, 0) is 28.9 Å². The molecule has 1 aliphatic rings. The number of carbonyl (C=O) groups excluding carboxylic acids is 1. The first-order chi connectivity index (χ1) is 31.4. The van der Waals surface area contributed by atoms with Crippen LogP contribution in [0.1, 0.15) is 245 Å². The normalized spacial score (nSPS) is 20.6. The van der Waals surface area contributed by atoms with Crippen LogP contribution in [0.2, 0.25) is 0 Å². The third-order valence-electron chi connectivity index (χ3n) is 12.9. The number of amides is 1. The largest absolute Gasteiger partial charge is 0.397 e. The lowest BCUT2D eigenvalue weighted by Crippen LogP contribution is -2.61. The topological polar surface area (TPSA) is 212 Å². The Kier molecular flexibility index (Phi) is 39.7. The molecule has 14 heteroatoms. The smallest absolute Gasteiger partial charge is 0.394 e. The van der Waals surface area contributed by atoms with Crippen LogP contribution in [0.5, 0.6) is 0 Å². The third kappa shape index (κ3) is 33.9. The van der Waals surface area contributed by atoms with Crippen molar-refractivity contribution >= 4 is 16.3 Å². The molecule has 0 aromatic heterocycles. The van der Waals surface area contributed by atoms with Crippen LogP contribution in [0, 0.1) is 0 Å². The van der Waals surface area contributed by atoms with Crippen LogP contribution in [0.3, 0.4) is 0 Å². The fourth-order valence-electron chi connectivity index (χ4n) is 8.70. The summed E-state index contributed by atoms with van der Waals surface area (Å²) in [7, 11) is -5.11. The molecule has 0 bridgehead atoms. The molecule has 8 atom stereocenters. The first-order valence-electron chi connectivity index (χ1n) is 26.7. The predicted molar refractivity (Wildman–Crippen MR) is 261 cm³/mol. The van der Waals surface area contributed by atoms with Crippen LogP contribution in [0.4, 0.5) is 0 Å². The van der Waals surface area contributed by atoms with Gasteiger partial charge in [-0.2, -0.15) is 8.42 Å². The van der Waals surface area contributed by atoms with E-state index in [4.69, 9.17) is 9.47 Å². The van der Waals surface area contributed by atoms with E-state index in [0.29, 0.717) is 19.3 Å². The molecule has 386 valence electrons. The maximum Gasteiger partial charge on any atom is 0.397 e. The zero-order valence-corrected chi connectivity index (χ0v) is 42.0. The minimum absolute atomic E-state index is 0.255. The molecular weight excluding hydrogens is 851 g/mol. The summed E-state index contributed by atoms with van der Waals surface area (Å²) in [5.41, 5.74) is 0. The van der Waals surface area contributed by atoms with Crippen molar-refractivity contribution in [2.75, 3.05) is 13.2 Å². The second-order valence-electron chi connectivity index (χ2n) is 19.0. The highest BCUT2D eigenvalue weighted by molar-refractivity contribution is 7.80. The van der Waals surface area contributed by atoms with Gasteiger partial charge in [-0.05, 0) is 38.5 Å². The maximum absolute atomic E-state index is 13.2. The SMILES string of the molecule is CCCCCCCCCCCCCC/C=C\CCCCCCCCC(O)C(=O)NC(COC1OC(CO)C(O)C(OS(=O)(=O)O)C1O)C(O)CCCCCCCCCCCCCCCC. The number of aliphatic hydroxyl groups is 5. The number of allylic oxidation sites excluding steroid dienone is 2. The lowest BCUT2D eigenvalue weighted by atomic mass is 9.99. The summed E-state index contributed by atoms with van der Waals surface area (Å²) in [6, 6.07) is -1.03. The Labute approximate surface area is 396 Å². The summed E-state index contributed by atoms with van der Waals surface area (Å²) < 4.78 is 47.7. The molecule has 0 aromatic carbocycles. The summed E-state index contributed by atoms with van der Waals surface area (Å²) in [6.07, 6.45) is 35.4. The molecule has 8 unspecified atom stereocenters. The maximum atomic E-state index is 13.2. The number of aliphatic hydroxyl groups excluding tert-OH is 5. The van der Waals surface area contributed by atoms with Crippen LogP contribution in [0.15, 0.2) is 12.2 Å². The molecule has 0 saturated carbocycles. The van der Waals surface area contributed by atoms with E-state index in [-0.39, 0.29) is 6.42 Å². The molecule has 1 heterocycles. The van der Waals surface area contributed by atoms with Gasteiger partial charge < -0.3 is 40.3 Å². The molecule has 1 amide bonds. The van der Waals surface area contributed by atoms with Crippen LogP contribution < -0.4 is 5.32 Å². The Hall–Kier alpha value is -1.20. The van der Waals surface area contributed by atoms with Gasteiger partial charge in [0.2, 0.25) is 5.91 Å². The number of hydrogen-bond acceptors (Lipinski definition) is 11. The Balaban J connectivity index is 2.44. The van der Waals surface area contributed by atoms with E-state index in [9.17, 15) is 43.3 Å². The van der Waals surface area contributed by atoms with E-state index >= 15 is 0 Å². The number of carbonyl (C=O) groups is 1. The molecule has 1 aliphatic heterocycles. The van der Waals surface area contributed by atoms with Gasteiger partial charge >= 0.3 is 10.4 Å². The highest BCUT2D eigenvalue weighted by Gasteiger charge is 2.48. The van der Waals surface area contributed by atoms with Crippen LogP contribution in [-0.4, -0.2) is 107 Å². The fraction of sp³-hybridized carbons (Fsp3) is 0.941. The van der Waals surface area contributed by atoms with Crippen molar-refractivity contribution < 1.29 is 57.0 Å². The molecule has 13 nitrogen and oxygen atoms in total. The van der Waals surface area contributed by atoms with E-state index in [1.807, 2.05) is 0 Å². The van der Waals surface area contributed by atoms with E-state index in [2.05, 4.69) is 35.5 Å². The number of hydrogen-bond donors (Lipinski definition) is 7. The van der Waals surface area contributed by atoms with Crippen molar-refractivity contribution in [1.29, 1.82) is 0 Å². The predicted octanol–water partition coefficient (Wildman–Crippen LogP) is 10.5. The molecule has 65 heavy (non-hydrogen) atoms. The molecule has 1 saturated heterocycles. The quantitative estimate of drug-likeness (QED) is 0.0173. The van der Waals surface area contributed by atoms with Crippen molar-refractivity contribution in [2.24, 2.45) is 0 Å². The van der Waals surface area contributed by atoms with Gasteiger partial charge in [-0.15, -0.1) is 0 Å². The van der Waals surface area contributed by atoms with Crippen LogP contribution in [0.25, 0.3) is 0 Å². The molecule has 7 N–H and O–H groups in total. The zero-order valence-electron chi connectivity index (χ0n) is 41.2. The van der Waals surface area contributed by atoms with Crippen molar-refractivity contribution in [1.82, 2.24) is 5.32 Å². The summed E-state index contributed by atoms with van der Waals surface area (Å²) in [4.78, 5) is 13.2. The zero-order chi connectivity index (χ0) is 47.8. The number of ether oxygens (including phenoxy) is 2. The minimum Gasteiger partial charge on any atom is -0.394 e. The molecule has 0 aromatic rings. The van der Waals surface area contributed by atoms with E-state index < -0.39 is 78.5 Å². The van der Waals surface area contributed by atoms with E-state index in [1.165, 1.54) is 148 Å². The standard InChI is InChI=1S/C51H99NO12S/c1-3-5-7-9-11-13-15-17-19-20-21-22-23-24-25-26-28-30-32-34-36-38-40-45(55)50(58)52-43(42-62-51-48(57)49(64-65(59,60)61)47(56)46(41-53)63-51)44(54)39-37-35-33-31-29-27-18-16-14-12-10-8-6-4-2/h24-25,43-49,51,53-57H,3-23,26-42H2,1-2H3,(H,52,58)(H,59,60,61)/b25-24-. The van der Waals surface area contributed by atoms with Crippen molar-refractivity contribution in [2.45, 2.75) is 294 Å². The highest BCUT2D eigenvalue weighted by atomic mass is 32.3. The van der Waals surface area contributed by atoms with Crippen LogP contribution >= 0.6 is 0 Å². The number of nitrogens with one attached hydrogen (secondary N) is 1. The molecule has 1 fully saturated rings. The van der Waals surface area contributed by atoms with E-state index in [0.717, 1.165) is 57.8 Å². The van der Waals surface area contributed by atoms with Gasteiger partial charge in [0.1, 0.15) is 30.5 Å². The Morgan fingerprint density at radius 3 is 1.38 bits per heavy atom. The van der Waals surface area contributed by atoms with Gasteiger partial charge in [-0.3, -0.25) is 9.35 Å². The second-order valence-corrected chi connectivity index (χ2v) is 20.0. The van der Waals surface area contributed by atoms with Gasteiger partial charge in [-0.25, -0.2) is 4.18 Å². The monoisotopic (exact) mass is 950 g/mol. The number of unbranched alkanes of at least 4 members (excludes halogenated alkanes) is 31. The Morgan fingerprint density at radius 1 is 0.600 bits per heavy atom. The highest BCUT2D eigenvalue weighted by Crippen LogP contribution is 2.26. The first-order valence-corrected chi connectivity index (χ1v) is 28.0. The van der Waals surface area contributed by atoms with E-state index in [1.54, 1.807) is 0 Å². The average molecular weight is 950 g/mol. The molecular formula is C51H99NO12S. The molecule has 1 rings (SSSR count). The third-order valence-corrected chi connectivity index (χ3v) is 13.4. The fourth-order valence-corrected chi connectivity index (χ4v) is 9.21. The lowest BCUT2D eigenvalue weighted by Gasteiger charge is -2.41. The summed E-state index contributed by atoms with van der Waals surface area (Å²) in [6.45, 7) is 3.30. The summed E-state index contributed by atoms with van der Waals surface area (Å²) in [5.74, 6) is -0.671. The first kappa shape index (κ1) is 61.8. The number of rotatable bonds is 46. The average Bonchev–Trinajstić information content (AvgIpc) is 3.28. The molecule has 0 radical (unpaired) electrons. The summed E-state index contributed by atoms with van der Waals surface area (Å²) in [5, 5.41) is 55.5. The molecule has 0 aliphatic carbocycles. The van der Waals surface area contributed by atoms with Gasteiger partial charge in [0.25, 0.3) is 0 Å². The van der Waals surface area contributed by atoms with Crippen molar-refractivity contribution in [3.05, 3.63) is 12.2 Å². The Morgan fingerprint density at radius 2 is 0.985 bits per heavy atom. The minimum atomic E-state index is -5.11. The van der Waals surface area contributed by atoms with Gasteiger partial charge in [-0.1, -0.05) is 219 Å². The van der Waals surface area contributed by atoms with Crippen molar-refractivity contribution in [3.63, 3.8) is 0 Å². The van der Waals surface area contributed by atoms with Gasteiger partial charge in [0, 0.05) is 0 Å². The Bertz CT molecular complexity index is 1230. The van der Waals surface area contributed by atoms with Crippen molar-refractivity contribution in [3.8, 4) is 0 Å². The van der Waals surface area contributed by atoms with Gasteiger partial charge in [0.15, 0.2) is 6.29 Å².